The van der Waals surface area contributed by atoms with Gasteiger partial charge in [-0.25, -0.2) is 0 Å². The summed E-state index contributed by atoms with van der Waals surface area (Å²) in [4.78, 5) is 4.43. The van der Waals surface area contributed by atoms with Crippen molar-refractivity contribution < 1.29 is 0 Å². The van der Waals surface area contributed by atoms with Gasteiger partial charge in [-0.2, -0.15) is 0 Å². The third-order valence-electron chi connectivity index (χ3n) is 3.43. The van der Waals surface area contributed by atoms with E-state index in [-0.39, 0.29) is 0 Å². The molecule has 4 nitrogen and oxygen atoms in total. The van der Waals surface area contributed by atoms with Crippen molar-refractivity contribution in [2.45, 2.75) is 19.9 Å². The lowest BCUT2D eigenvalue weighted by atomic mass is 10.1. The fourth-order valence-corrected chi connectivity index (χ4v) is 2.52. The molecule has 0 saturated carbocycles. The fourth-order valence-electron chi connectivity index (χ4n) is 2.32. The van der Waals surface area contributed by atoms with E-state index in [1.165, 1.54) is 5.56 Å². The van der Waals surface area contributed by atoms with Crippen LogP contribution in [0.15, 0.2) is 42.6 Å². The Morgan fingerprint density at radius 3 is 2.67 bits per heavy atom. The molecule has 5 heteroatoms. The normalized spacial score (nSPS) is 10.8. The van der Waals surface area contributed by atoms with Crippen molar-refractivity contribution in [1.29, 1.82) is 0 Å². The molecule has 0 radical (unpaired) electrons. The molecule has 0 bridgehead atoms. The summed E-state index contributed by atoms with van der Waals surface area (Å²) in [6, 6.07) is 11.9. The second-order valence-corrected chi connectivity index (χ2v) is 5.06. The van der Waals surface area contributed by atoms with Crippen LogP contribution in [0.5, 0.6) is 0 Å². The van der Waals surface area contributed by atoms with Crippen molar-refractivity contribution in [3.63, 3.8) is 0 Å². The van der Waals surface area contributed by atoms with Gasteiger partial charge in [0.15, 0.2) is 11.0 Å². The predicted octanol–water partition coefficient (Wildman–Crippen LogP) is 3.85. The van der Waals surface area contributed by atoms with E-state index >= 15 is 0 Å². The van der Waals surface area contributed by atoms with Gasteiger partial charge in [-0.15, -0.1) is 10.2 Å². The van der Waals surface area contributed by atoms with Crippen molar-refractivity contribution in [2.24, 2.45) is 0 Å². The summed E-state index contributed by atoms with van der Waals surface area (Å²) in [5.41, 5.74) is 2.26. The van der Waals surface area contributed by atoms with E-state index < -0.39 is 0 Å². The van der Waals surface area contributed by atoms with Crippen molar-refractivity contribution >= 4 is 28.2 Å². The molecule has 1 aromatic carbocycles. The van der Waals surface area contributed by atoms with E-state index in [1.54, 1.807) is 0 Å². The minimum Gasteiger partial charge on any atom is -0.362 e. The molecule has 3 aromatic rings. The maximum absolute atomic E-state index is 6.08. The van der Waals surface area contributed by atoms with E-state index in [0.29, 0.717) is 11.7 Å². The smallest absolute Gasteiger partial charge is 0.159 e. The lowest BCUT2D eigenvalue weighted by molar-refractivity contribution is 0.951. The van der Waals surface area contributed by atoms with Crippen molar-refractivity contribution in [2.75, 3.05) is 5.32 Å². The maximum Gasteiger partial charge on any atom is 0.159 e. The summed E-state index contributed by atoms with van der Waals surface area (Å²) in [5.74, 6) is 0.725. The van der Waals surface area contributed by atoms with Crippen LogP contribution in [0.25, 0.3) is 10.8 Å². The van der Waals surface area contributed by atoms with Crippen LogP contribution in [0.1, 0.15) is 18.2 Å². The summed E-state index contributed by atoms with van der Waals surface area (Å²) in [7, 11) is 0. The first-order chi connectivity index (χ1) is 10.3. The molecule has 106 valence electrons. The minimum absolute atomic E-state index is 0.420. The molecule has 0 aliphatic rings. The molecule has 0 unspecified atom stereocenters. The number of anilines is 1. The molecule has 0 aliphatic carbocycles. The summed E-state index contributed by atoms with van der Waals surface area (Å²) in [6.07, 6.45) is 2.76. The van der Waals surface area contributed by atoms with Gasteiger partial charge in [-0.3, -0.25) is 4.98 Å². The number of pyridine rings is 1. The first kappa shape index (κ1) is 13.8. The highest BCUT2D eigenvalue weighted by Gasteiger charge is 2.08. The van der Waals surface area contributed by atoms with E-state index in [4.69, 9.17) is 11.6 Å². The van der Waals surface area contributed by atoms with Crippen LogP contribution in [-0.2, 0) is 13.0 Å². The molecule has 0 saturated heterocycles. The van der Waals surface area contributed by atoms with Crippen LogP contribution in [0.4, 0.5) is 5.82 Å². The van der Waals surface area contributed by atoms with Crippen LogP contribution in [-0.4, -0.2) is 15.2 Å². The van der Waals surface area contributed by atoms with Crippen molar-refractivity contribution in [1.82, 2.24) is 15.2 Å². The van der Waals surface area contributed by atoms with Gasteiger partial charge in [0.05, 0.1) is 12.2 Å². The number of halogens is 1. The van der Waals surface area contributed by atoms with Gasteiger partial charge in [0, 0.05) is 17.0 Å². The molecule has 0 atom stereocenters. The number of hydrogen-bond donors (Lipinski definition) is 1. The number of hydrogen-bond acceptors (Lipinski definition) is 4. The Balaban J connectivity index is 1.91. The zero-order chi connectivity index (χ0) is 14.7. The van der Waals surface area contributed by atoms with E-state index in [2.05, 4.69) is 33.5 Å². The topological polar surface area (TPSA) is 50.7 Å². The second-order valence-electron chi connectivity index (χ2n) is 4.70. The molecule has 0 amide bonds. The Bertz CT molecular complexity index is 773. The number of fused-ring (bicyclic) bond motifs is 1. The average Bonchev–Trinajstić information content (AvgIpc) is 2.55. The van der Waals surface area contributed by atoms with Crippen LogP contribution >= 0.6 is 11.6 Å². The average molecular weight is 299 g/mol. The van der Waals surface area contributed by atoms with Gasteiger partial charge in [0.1, 0.15) is 0 Å². The number of aryl methyl sites for hydroxylation is 1. The summed E-state index contributed by atoms with van der Waals surface area (Å²) in [5, 5.41) is 13.7. The first-order valence-electron chi connectivity index (χ1n) is 6.87. The molecule has 0 aliphatic heterocycles. The molecule has 0 fully saturated rings. The standard InChI is InChI=1S/C16H15ClN4/c1-2-11-6-5-9-18-14(11)10-19-16-13-8-4-3-7-12(13)15(17)20-21-16/h3-9H,2,10H2,1H3,(H,19,21). The van der Waals surface area contributed by atoms with E-state index in [0.717, 1.165) is 28.7 Å². The van der Waals surface area contributed by atoms with Crippen LogP contribution < -0.4 is 5.32 Å². The predicted molar refractivity (Wildman–Crippen MR) is 85.5 cm³/mol. The monoisotopic (exact) mass is 298 g/mol. The van der Waals surface area contributed by atoms with Crippen LogP contribution in [0.3, 0.4) is 0 Å². The Kier molecular flexibility index (Phi) is 3.97. The third-order valence-corrected chi connectivity index (χ3v) is 3.71. The van der Waals surface area contributed by atoms with Crippen LogP contribution in [0, 0.1) is 0 Å². The Morgan fingerprint density at radius 2 is 1.86 bits per heavy atom. The molecule has 0 spiro atoms. The van der Waals surface area contributed by atoms with Gasteiger partial charge in [-0.1, -0.05) is 48.9 Å². The van der Waals surface area contributed by atoms with Crippen molar-refractivity contribution in [3.8, 4) is 0 Å². The van der Waals surface area contributed by atoms with E-state index in [9.17, 15) is 0 Å². The van der Waals surface area contributed by atoms with Gasteiger partial charge in [0.2, 0.25) is 0 Å². The molecule has 21 heavy (non-hydrogen) atoms. The first-order valence-corrected chi connectivity index (χ1v) is 7.25. The maximum atomic E-state index is 6.08. The highest BCUT2D eigenvalue weighted by Crippen LogP contribution is 2.25. The highest BCUT2D eigenvalue weighted by molar-refractivity contribution is 6.34. The Morgan fingerprint density at radius 1 is 1.05 bits per heavy atom. The van der Waals surface area contributed by atoms with Gasteiger partial charge in [-0.05, 0) is 18.1 Å². The van der Waals surface area contributed by atoms with Gasteiger partial charge < -0.3 is 5.32 Å². The summed E-state index contributed by atoms with van der Waals surface area (Å²) >= 11 is 6.08. The Hall–Kier alpha value is -2.20. The number of nitrogens with zero attached hydrogens (tertiary/aromatic N) is 3. The molecular formula is C16H15ClN4. The summed E-state index contributed by atoms with van der Waals surface area (Å²) < 4.78 is 0. The Labute approximate surface area is 128 Å². The number of nitrogens with one attached hydrogen (secondary N) is 1. The molecule has 3 rings (SSSR count). The summed E-state index contributed by atoms with van der Waals surface area (Å²) in [6.45, 7) is 2.74. The number of benzene rings is 1. The largest absolute Gasteiger partial charge is 0.362 e. The number of aromatic nitrogens is 3. The molecule has 2 heterocycles. The van der Waals surface area contributed by atoms with Crippen LogP contribution in [0.2, 0.25) is 5.15 Å². The minimum atomic E-state index is 0.420. The SMILES string of the molecule is CCc1cccnc1CNc1nnc(Cl)c2ccccc12. The zero-order valence-electron chi connectivity index (χ0n) is 11.7. The highest BCUT2D eigenvalue weighted by atomic mass is 35.5. The fraction of sp³-hybridized carbons (Fsp3) is 0.188. The lowest BCUT2D eigenvalue weighted by Crippen LogP contribution is -2.07. The van der Waals surface area contributed by atoms with Gasteiger partial charge >= 0.3 is 0 Å². The molecular weight excluding hydrogens is 284 g/mol. The molecule has 2 aromatic heterocycles. The number of rotatable bonds is 4. The quantitative estimate of drug-likeness (QED) is 0.795. The van der Waals surface area contributed by atoms with E-state index in [1.807, 2.05) is 36.5 Å². The van der Waals surface area contributed by atoms with Gasteiger partial charge in [0.25, 0.3) is 0 Å². The molecule has 1 N–H and O–H groups in total. The zero-order valence-corrected chi connectivity index (χ0v) is 12.4. The second kappa shape index (κ2) is 6.06. The third kappa shape index (κ3) is 2.81. The lowest BCUT2D eigenvalue weighted by Gasteiger charge is -2.10. The van der Waals surface area contributed by atoms with Crippen molar-refractivity contribution in [3.05, 3.63) is 59.0 Å².